The molecule has 1 nitrogen and oxygen atoms in total. The summed E-state index contributed by atoms with van der Waals surface area (Å²) in [5.41, 5.74) is 0. The maximum absolute atomic E-state index is 8.17. The molecule has 0 aliphatic carbocycles. The summed E-state index contributed by atoms with van der Waals surface area (Å²) in [6.07, 6.45) is 0. The van der Waals surface area contributed by atoms with Crippen molar-refractivity contribution in [3.8, 4) is 0 Å². The Morgan fingerprint density at radius 1 is 1.50 bits per heavy atom. The zero-order chi connectivity index (χ0) is 2.00. The van der Waals surface area contributed by atoms with Gasteiger partial charge in [-0.15, -0.1) is 12.4 Å². The third kappa shape index (κ3) is 8.82. The molecule has 0 spiro atoms. The first-order valence-electron chi connectivity index (χ1n) is 0.236. The van der Waals surface area contributed by atoms with E-state index in [0.29, 0.717) is 0 Å². The third-order valence-electron chi connectivity index (χ3n) is 0. The van der Waals surface area contributed by atoms with Gasteiger partial charge in [-0.05, 0) is 0 Å². The van der Waals surface area contributed by atoms with Crippen LogP contribution in [-0.4, -0.2) is 16.2 Å². The van der Waals surface area contributed by atoms with Crippen molar-refractivity contribution in [2.75, 3.05) is 0 Å². The van der Waals surface area contributed by atoms with Gasteiger partial charge in [0, 0.05) is 0 Å². The topological polar surface area (TPSA) is 17.1 Å². The maximum atomic E-state index is 8.17. The molecule has 0 aromatic heterocycles. The molecule has 4 heteroatoms. The Labute approximate surface area is 99.9 Å². The summed E-state index contributed by atoms with van der Waals surface area (Å²) in [5, 5.41) is 0. The van der Waals surface area contributed by atoms with Crippen LogP contribution in [0.15, 0.2) is 0 Å². The van der Waals surface area contributed by atoms with Crippen LogP contribution < -0.4 is 68.9 Å². The molecule has 0 amide bonds. The van der Waals surface area contributed by atoms with E-state index in [4.69, 9.17) is 3.80 Å². The number of hydrogen-bond acceptors (Lipinski definition) is 1. The number of hydrogen-bond donors (Lipinski definition) is 0. The predicted molar refractivity (Wildman–Crippen MR) is 14.8 cm³/mol. The van der Waals surface area contributed by atoms with E-state index >= 15 is 0 Å². The van der Waals surface area contributed by atoms with Crippen LogP contribution >= 0.6 is 12.4 Å². The SMILES string of the molecule is Cl.[Cs+].[H-].[O]=[Al]. The molecule has 4 heavy (non-hydrogen) atoms. The van der Waals surface area contributed by atoms with Crippen LogP contribution in [0, 0.1) is 0 Å². The van der Waals surface area contributed by atoms with Crippen molar-refractivity contribution in [1.82, 2.24) is 0 Å². The molecule has 0 aliphatic heterocycles. The van der Waals surface area contributed by atoms with Crippen LogP contribution in [0.25, 0.3) is 0 Å². The summed E-state index contributed by atoms with van der Waals surface area (Å²) >= 11 is 1.17. The second-order valence-electron chi connectivity index (χ2n) is 0. The number of rotatable bonds is 0. The zero-order valence-electron chi connectivity index (χ0n) is 3.39. The van der Waals surface area contributed by atoms with E-state index in [1.165, 1.54) is 16.2 Å². The quantitative estimate of drug-likeness (QED) is 0.393. The summed E-state index contributed by atoms with van der Waals surface area (Å²) < 4.78 is 8.17. The van der Waals surface area contributed by atoms with Crippen LogP contribution in [0.1, 0.15) is 1.43 Å². The molecule has 0 heterocycles. The van der Waals surface area contributed by atoms with Gasteiger partial charge < -0.3 is 1.43 Å². The van der Waals surface area contributed by atoms with Crippen molar-refractivity contribution < 1.29 is 74.1 Å². The second-order valence-corrected chi connectivity index (χ2v) is 0. The van der Waals surface area contributed by atoms with Gasteiger partial charge in [-0.1, -0.05) is 0 Å². The van der Waals surface area contributed by atoms with E-state index < -0.39 is 0 Å². The Kier molecular flexibility index (Phi) is 69.0. The van der Waals surface area contributed by atoms with E-state index in [9.17, 15) is 0 Å². The van der Waals surface area contributed by atoms with E-state index in [1.54, 1.807) is 0 Å². The molecular formula is H2AlClCsO. The normalized spacial score (nSPS) is 0.750. The Bertz CT molecular complexity index is 11.6. The van der Waals surface area contributed by atoms with Gasteiger partial charge in [0.25, 0.3) is 0 Å². The minimum absolute atomic E-state index is 0. The molecule has 0 aromatic carbocycles. The van der Waals surface area contributed by atoms with Gasteiger partial charge in [0.05, 0.1) is 0 Å². The molecule has 0 aromatic rings. The Morgan fingerprint density at radius 2 is 1.50 bits per heavy atom. The average molecular weight is 213 g/mol. The Hall–Kier alpha value is 2.67. The fraction of sp³-hybridized carbons (Fsp3) is 0. The molecule has 0 bridgehead atoms. The van der Waals surface area contributed by atoms with Gasteiger partial charge in [0.1, 0.15) is 0 Å². The monoisotopic (exact) mass is 213 g/mol. The van der Waals surface area contributed by atoms with E-state index in [1.807, 2.05) is 0 Å². The van der Waals surface area contributed by atoms with Crippen LogP contribution in [0.4, 0.5) is 0 Å². The Morgan fingerprint density at radius 3 is 1.50 bits per heavy atom. The molecule has 0 rings (SSSR count). The van der Waals surface area contributed by atoms with Crippen molar-refractivity contribution in [2.45, 2.75) is 0 Å². The molecule has 0 aliphatic rings. The molecule has 0 fully saturated rings. The van der Waals surface area contributed by atoms with Crippen molar-refractivity contribution in [3.05, 3.63) is 0 Å². The minimum atomic E-state index is 0. The second kappa shape index (κ2) is 17.3. The van der Waals surface area contributed by atoms with Gasteiger partial charge >= 0.3 is 88.9 Å². The molecule has 0 saturated heterocycles. The van der Waals surface area contributed by atoms with Gasteiger partial charge in [-0.3, -0.25) is 0 Å². The summed E-state index contributed by atoms with van der Waals surface area (Å²) in [6, 6.07) is 0. The molecular weight excluding hydrogens is 211 g/mol. The first-order chi connectivity index (χ1) is 1.00. The van der Waals surface area contributed by atoms with E-state index in [0.717, 1.165) is 0 Å². The molecule has 0 unspecified atom stereocenters. The predicted octanol–water partition coefficient (Wildman–Crippen LogP) is -2.96. The van der Waals surface area contributed by atoms with Gasteiger partial charge in [0.2, 0.25) is 0 Å². The molecule has 0 atom stereocenters. The van der Waals surface area contributed by atoms with Crippen molar-refractivity contribution in [3.63, 3.8) is 0 Å². The first kappa shape index (κ1) is 15.9. The summed E-state index contributed by atoms with van der Waals surface area (Å²) in [7, 11) is 0. The van der Waals surface area contributed by atoms with Crippen molar-refractivity contribution >= 4 is 28.6 Å². The molecule has 1 radical (unpaired) electrons. The fourth-order valence-electron chi connectivity index (χ4n) is 0. The first-order valence-corrected chi connectivity index (χ1v) is 0.707. The van der Waals surface area contributed by atoms with Crippen LogP contribution in [0.3, 0.4) is 0 Å². The molecule has 0 saturated carbocycles. The summed E-state index contributed by atoms with van der Waals surface area (Å²) in [6.45, 7) is 0. The van der Waals surface area contributed by atoms with Crippen molar-refractivity contribution in [2.24, 2.45) is 0 Å². The Balaban J connectivity index is -0.00000000167. The van der Waals surface area contributed by atoms with E-state index in [-0.39, 0.29) is 82.7 Å². The van der Waals surface area contributed by atoms with Crippen LogP contribution in [0.2, 0.25) is 0 Å². The average Bonchev–Trinajstić information content (AvgIpc) is 1.00. The fourth-order valence-corrected chi connectivity index (χ4v) is 0. The number of halogens is 1. The van der Waals surface area contributed by atoms with Crippen LogP contribution in [0.5, 0.6) is 0 Å². The van der Waals surface area contributed by atoms with Gasteiger partial charge in [0.15, 0.2) is 0 Å². The van der Waals surface area contributed by atoms with E-state index in [2.05, 4.69) is 0 Å². The molecule has 19 valence electrons. The van der Waals surface area contributed by atoms with Crippen LogP contribution in [-0.2, 0) is 3.80 Å². The summed E-state index contributed by atoms with van der Waals surface area (Å²) in [5.74, 6) is 0. The third-order valence-corrected chi connectivity index (χ3v) is 0. The standard InChI is InChI=1S/Al.ClH.Cs.O.H/h;1H;;;/q;;+1;;-1. The van der Waals surface area contributed by atoms with Gasteiger partial charge in [-0.2, -0.15) is 0 Å². The van der Waals surface area contributed by atoms with Crippen molar-refractivity contribution in [1.29, 1.82) is 0 Å². The van der Waals surface area contributed by atoms with Gasteiger partial charge in [-0.25, -0.2) is 0 Å². The molecule has 0 N–H and O–H groups in total. The summed E-state index contributed by atoms with van der Waals surface area (Å²) in [4.78, 5) is 0. The zero-order valence-corrected chi connectivity index (χ0v) is 10.6.